The minimum atomic E-state index is 0.122. The van der Waals surface area contributed by atoms with E-state index in [2.05, 4.69) is 61.4 Å². The normalized spacial score (nSPS) is 32.8. The molecule has 166 valence electrons. The smallest absolute Gasteiger partial charge is 0.182 e. The summed E-state index contributed by atoms with van der Waals surface area (Å²) >= 11 is 0. The van der Waals surface area contributed by atoms with Crippen LogP contribution < -0.4 is 4.90 Å². The molecular formula is C25H41N5. The number of rotatable bonds is 5. The van der Waals surface area contributed by atoms with Gasteiger partial charge in [0, 0.05) is 11.1 Å². The number of fused-ring (bicyclic) bond motifs is 1. The first-order valence-electron chi connectivity index (χ1n) is 12.2. The molecule has 2 fully saturated rings. The summed E-state index contributed by atoms with van der Waals surface area (Å²) in [5, 5.41) is 0. The first-order valence-corrected chi connectivity index (χ1v) is 12.2. The average Bonchev–Trinajstić information content (AvgIpc) is 3.18. The van der Waals surface area contributed by atoms with Crippen LogP contribution in [-0.2, 0) is 0 Å². The zero-order valence-electron chi connectivity index (χ0n) is 19.9. The molecule has 2 aromatic rings. The summed E-state index contributed by atoms with van der Waals surface area (Å²) in [5.41, 5.74) is 2.02. The van der Waals surface area contributed by atoms with Crippen molar-refractivity contribution in [1.29, 1.82) is 0 Å². The number of imidazole rings is 1. The number of nitrogens with one attached hydrogen (secondary N) is 1. The van der Waals surface area contributed by atoms with Crippen molar-refractivity contribution in [2.45, 2.75) is 104 Å². The van der Waals surface area contributed by atoms with Gasteiger partial charge >= 0.3 is 0 Å². The van der Waals surface area contributed by atoms with Crippen LogP contribution in [0.1, 0.15) is 92.9 Å². The molecule has 4 rings (SSSR count). The molecule has 0 aliphatic heterocycles. The highest BCUT2D eigenvalue weighted by Gasteiger charge is 2.48. The largest absolute Gasteiger partial charge is 0.344 e. The molecule has 2 aliphatic rings. The van der Waals surface area contributed by atoms with Gasteiger partial charge in [0.15, 0.2) is 11.5 Å². The zero-order valence-corrected chi connectivity index (χ0v) is 19.9. The number of H-pyrrole nitrogens is 1. The monoisotopic (exact) mass is 411 g/mol. The lowest BCUT2D eigenvalue weighted by molar-refractivity contribution is 0.133. The summed E-state index contributed by atoms with van der Waals surface area (Å²) in [5.74, 6) is 4.31. The van der Waals surface area contributed by atoms with Gasteiger partial charge in [-0.05, 0) is 88.9 Å². The van der Waals surface area contributed by atoms with Crippen LogP contribution in [-0.4, -0.2) is 31.0 Å². The first-order chi connectivity index (χ1) is 14.2. The highest BCUT2D eigenvalue weighted by atomic mass is 15.3. The predicted molar refractivity (Wildman–Crippen MR) is 125 cm³/mol. The van der Waals surface area contributed by atoms with Gasteiger partial charge < -0.3 is 9.88 Å². The summed E-state index contributed by atoms with van der Waals surface area (Å²) in [4.78, 5) is 19.8. The fourth-order valence-electron chi connectivity index (χ4n) is 6.39. The summed E-state index contributed by atoms with van der Waals surface area (Å²) < 4.78 is 0. The van der Waals surface area contributed by atoms with Crippen LogP contribution in [0.15, 0.2) is 12.7 Å². The van der Waals surface area contributed by atoms with Gasteiger partial charge in [-0.2, -0.15) is 0 Å². The lowest BCUT2D eigenvalue weighted by Crippen LogP contribution is -2.61. The molecule has 0 aromatic carbocycles. The molecule has 5 heteroatoms. The van der Waals surface area contributed by atoms with Gasteiger partial charge in [-0.25, -0.2) is 15.0 Å². The second-order valence-electron chi connectivity index (χ2n) is 11.3. The van der Waals surface area contributed by atoms with Crippen LogP contribution in [0.25, 0.3) is 11.2 Å². The minimum Gasteiger partial charge on any atom is -0.344 e. The van der Waals surface area contributed by atoms with Crippen LogP contribution in [0.2, 0.25) is 0 Å². The van der Waals surface area contributed by atoms with E-state index in [9.17, 15) is 0 Å². The standard InChI is InChI=1S/C25H41N5/c1-17(2)19-7-11-24(5,12-8-19)30(23-21-22(27-15-26-21)28-16-29-23)25(6)13-9-20(10-14-25)18(3)4/h15-20H,7-14H2,1-6H3,(H,26,27,28,29). The van der Waals surface area contributed by atoms with Gasteiger partial charge in [0.1, 0.15) is 11.8 Å². The van der Waals surface area contributed by atoms with Gasteiger partial charge in [0.05, 0.1) is 6.33 Å². The van der Waals surface area contributed by atoms with Crippen molar-refractivity contribution in [3.8, 4) is 0 Å². The van der Waals surface area contributed by atoms with E-state index in [4.69, 9.17) is 4.98 Å². The molecule has 2 aromatic heterocycles. The zero-order chi connectivity index (χ0) is 21.5. The molecule has 1 N–H and O–H groups in total. The van der Waals surface area contributed by atoms with Crippen LogP contribution in [0.5, 0.6) is 0 Å². The summed E-state index contributed by atoms with van der Waals surface area (Å²) in [6.07, 6.45) is 13.7. The molecule has 0 bridgehead atoms. The lowest BCUT2D eigenvalue weighted by atomic mass is 9.68. The SMILES string of the molecule is CC(C)C1CCC(C)(N(c2ncnc3nc[nH]c23)C2(C)CCC(C(C)C)CC2)CC1. The minimum absolute atomic E-state index is 0.122. The number of aromatic nitrogens is 4. The molecule has 0 amide bonds. The molecule has 0 radical (unpaired) electrons. The van der Waals surface area contributed by atoms with E-state index in [1.165, 1.54) is 51.4 Å². The maximum atomic E-state index is 4.87. The average molecular weight is 412 g/mol. The molecule has 2 aliphatic carbocycles. The van der Waals surface area contributed by atoms with Crippen molar-refractivity contribution < 1.29 is 0 Å². The molecule has 5 nitrogen and oxygen atoms in total. The number of aromatic amines is 1. The van der Waals surface area contributed by atoms with E-state index < -0.39 is 0 Å². The molecule has 0 saturated heterocycles. The summed E-state index contributed by atoms with van der Waals surface area (Å²) in [7, 11) is 0. The third-order valence-corrected chi connectivity index (χ3v) is 8.59. The fraction of sp³-hybridized carbons (Fsp3) is 0.800. The molecule has 2 saturated carbocycles. The first kappa shape index (κ1) is 21.6. The van der Waals surface area contributed by atoms with E-state index in [-0.39, 0.29) is 11.1 Å². The Hall–Kier alpha value is -1.65. The summed E-state index contributed by atoms with van der Waals surface area (Å²) in [6, 6.07) is 0. The number of hydrogen-bond donors (Lipinski definition) is 1. The van der Waals surface area contributed by atoms with Crippen molar-refractivity contribution >= 4 is 17.0 Å². The number of nitrogens with zero attached hydrogens (tertiary/aromatic N) is 4. The second-order valence-corrected chi connectivity index (χ2v) is 11.3. The molecule has 2 heterocycles. The summed E-state index contributed by atoms with van der Waals surface area (Å²) in [6.45, 7) is 14.5. The third kappa shape index (κ3) is 3.85. The van der Waals surface area contributed by atoms with Crippen molar-refractivity contribution in [3.05, 3.63) is 12.7 Å². The topological polar surface area (TPSA) is 57.7 Å². The Labute approximate surface area is 182 Å². The van der Waals surface area contributed by atoms with Crippen molar-refractivity contribution in [3.63, 3.8) is 0 Å². The van der Waals surface area contributed by atoms with E-state index >= 15 is 0 Å². The van der Waals surface area contributed by atoms with E-state index in [0.29, 0.717) is 0 Å². The fourth-order valence-corrected chi connectivity index (χ4v) is 6.39. The Morgan fingerprint density at radius 1 is 0.833 bits per heavy atom. The van der Waals surface area contributed by atoms with Gasteiger partial charge in [-0.1, -0.05) is 27.7 Å². The third-order valence-electron chi connectivity index (χ3n) is 8.59. The van der Waals surface area contributed by atoms with Gasteiger partial charge in [0.25, 0.3) is 0 Å². The van der Waals surface area contributed by atoms with Crippen molar-refractivity contribution in [2.24, 2.45) is 23.7 Å². The van der Waals surface area contributed by atoms with Gasteiger partial charge in [0.2, 0.25) is 0 Å². The van der Waals surface area contributed by atoms with Crippen LogP contribution in [0, 0.1) is 23.7 Å². The van der Waals surface area contributed by atoms with E-state index in [0.717, 1.165) is 40.7 Å². The lowest BCUT2D eigenvalue weighted by Gasteiger charge is -2.57. The maximum absolute atomic E-state index is 4.87. The van der Waals surface area contributed by atoms with Crippen molar-refractivity contribution in [2.75, 3.05) is 4.90 Å². The molecular weight excluding hydrogens is 370 g/mol. The highest BCUT2D eigenvalue weighted by Crippen LogP contribution is 2.49. The molecule has 0 spiro atoms. The van der Waals surface area contributed by atoms with Crippen LogP contribution >= 0.6 is 0 Å². The second kappa shape index (κ2) is 8.12. The number of anilines is 1. The molecule has 30 heavy (non-hydrogen) atoms. The quantitative estimate of drug-likeness (QED) is 0.621. The van der Waals surface area contributed by atoms with Gasteiger partial charge in [-0.15, -0.1) is 0 Å². The Bertz CT molecular complexity index is 804. The number of hydrogen-bond acceptors (Lipinski definition) is 4. The Balaban J connectivity index is 1.72. The Kier molecular flexibility index (Phi) is 5.84. The molecule has 0 unspecified atom stereocenters. The molecule has 0 atom stereocenters. The van der Waals surface area contributed by atoms with Crippen LogP contribution in [0.4, 0.5) is 5.82 Å². The van der Waals surface area contributed by atoms with E-state index in [1.807, 2.05) is 0 Å². The maximum Gasteiger partial charge on any atom is 0.182 e. The van der Waals surface area contributed by atoms with Crippen molar-refractivity contribution in [1.82, 2.24) is 19.9 Å². The predicted octanol–water partition coefficient (Wildman–Crippen LogP) is 6.37. The highest BCUT2D eigenvalue weighted by molar-refractivity contribution is 5.83. The Morgan fingerprint density at radius 3 is 1.80 bits per heavy atom. The Morgan fingerprint density at radius 2 is 1.33 bits per heavy atom. The van der Waals surface area contributed by atoms with E-state index in [1.54, 1.807) is 12.7 Å². The van der Waals surface area contributed by atoms with Gasteiger partial charge in [-0.3, -0.25) is 0 Å². The van der Waals surface area contributed by atoms with Crippen LogP contribution in [0.3, 0.4) is 0 Å².